The molecule has 0 unspecified atom stereocenters. The highest BCUT2D eigenvalue weighted by Crippen LogP contribution is 2.23. The summed E-state index contributed by atoms with van der Waals surface area (Å²) in [4.78, 5) is 2.19. The molecule has 0 saturated heterocycles. The maximum Gasteiger partial charge on any atom is 0.148 e. The van der Waals surface area contributed by atoms with E-state index in [2.05, 4.69) is 18.7 Å². The lowest BCUT2D eigenvalue weighted by Gasteiger charge is -2.22. The van der Waals surface area contributed by atoms with E-state index in [-0.39, 0.29) is 11.1 Å². The van der Waals surface area contributed by atoms with Gasteiger partial charge in [0.1, 0.15) is 23.8 Å². The van der Waals surface area contributed by atoms with Crippen molar-refractivity contribution in [3.05, 3.63) is 35.4 Å². The number of nitriles is 3. The molecule has 0 aliphatic rings. The first-order valence-electron chi connectivity index (χ1n) is 6.51. The summed E-state index contributed by atoms with van der Waals surface area (Å²) in [7, 11) is 0. The van der Waals surface area contributed by atoms with Crippen LogP contribution in [0.2, 0.25) is 0 Å². The fourth-order valence-corrected chi connectivity index (χ4v) is 2.00. The first-order chi connectivity index (χ1) is 9.71. The lowest BCUT2D eigenvalue weighted by molar-refractivity contribution is 0.792. The third-order valence-corrected chi connectivity index (χ3v) is 2.96. The van der Waals surface area contributed by atoms with Gasteiger partial charge in [-0.05, 0) is 31.0 Å². The van der Waals surface area contributed by atoms with Crippen molar-refractivity contribution in [3.8, 4) is 18.2 Å². The molecule has 0 amide bonds. The monoisotopic (exact) mass is 264 g/mol. The predicted octanol–water partition coefficient (Wildman–Crippen LogP) is 3.25. The average molecular weight is 264 g/mol. The molecule has 0 heterocycles. The van der Waals surface area contributed by atoms with Crippen molar-refractivity contribution in [2.75, 3.05) is 18.0 Å². The first-order valence-corrected chi connectivity index (χ1v) is 6.51. The Hall–Kier alpha value is -2.77. The van der Waals surface area contributed by atoms with E-state index in [9.17, 15) is 5.26 Å². The van der Waals surface area contributed by atoms with E-state index < -0.39 is 0 Å². The minimum atomic E-state index is -0.150. The molecule has 0 bridgehead atoms. The zero-order chi connectivity index (χ0) is 15.0. The second-order valence-corrected chi connectivity index (χ2v) is 4.22. The van der Waals surface area contributed by atoms with Crippen LogP contribution in [-0.4, -0.2) is 13.1 Å². The zero-order valence-electron chi connectivity index (χ0n) is 11.7. The predicted molar refractivity (Wildman–Crippen MR) is 78.4 cm³/mol. The number of anilines is 1. The van der Waals surface area contributed by atoms with Crippen LogP contribution in [0, 0.1) is 34.0 Å². The number of nitrogens with zero attached hydrogens (tertiary/aromatic N) is 4. The summed E-state index contributed by atoms with van der Waals surface area (Å²) in [6.45, 7) is 5.97. The van der Waals surface area contributed by atoms with Crippen LogP contribution in [0.3, 0.4) is 0 Å². The minimum absolute atomic E-state index is 0.129. The van der Waals surface area contributed by atoms with Crippen molar-refractivity contribution in [1.29, 1.82) is 15.8 Å². The summed E-state index contributed by atoms with van der Waals surface area (Å²) < 4.78 is 0. The lowest BCUT2D eigenvalue weighted by Crippen LogP contribution is -2.23. The van der Waals surface area contributed by atoms with Crippen molar-refractivity contribution < 1.29 is 0 Å². The van der Waals surface area contributed by atoms with Crippen LogP contribution in [0.25, 0.3) is 5.57 Å². The lowest BCUT2D eigenvalue weighted by atomic mass is 10.0. The molecule has 0 saturated carbocycles. The van der Waals surface area contributed by atoms with E-state index in [0.717, 1.165) is 25.2 Å². The average Bonchev–Trinajstić information content (AvgIpc) is 2.50. The molecule has 4 heteroatoms. The molecular weight excluding hydrogens is 248 g/mol. The summed E-state index contributed by atoms with van der Waals surface area (Å²) in [5.74, 6) is 0. The van der Waals surface area contributed by atoms with Gasteiger partial charge in [-0.2, -0.15) is 15.8 Å². The molecule has 0 aromatic heterocycles. The summed E-state index contributed by atoms with van der Waals surface area (Å²) >= 11 is 0. The van der Waals surface area contributed by atoms with Gasteiger partial charge in [-0.15, -0.1) is 0 Å². The summed E-state index contributed by atoms with van der Waals surface area (Å²) in [6, 6.07) is 12.9. The van der Waals surface area contributed by atoms with Crippen LogP contribution in [-0.2, 0) is 0 Å². The number of hydrogen-bond donors (Lipinski definition) is 0. The second-order valence-electron chi connectivity index (χ2n) is 4.22. The van der Waals surface area contributed by atoms with Gasteiger partial charge < -0.3 is 4.90 Å². The molecule has 1 rings (SSSR count). The molecule has 0 radical (unpaired) electrons. The summed E-state index contributed by atoms with van der Waals surface area (Å²) in [5, 5.41) is 27.0. The largest absolute Gasteiger partial charge is 0.372 e. The van der Waals surface area contributed by atoms with Gasteiger partial charge in [-0.3, -0.25) is 0 Å². The third-order valence-electron chi connectivity index (χ3n) is 2.96. The molecule has 0 N–H and O–H groups in total. The number of rotatable bonds is 5. The van der Waals surface area contributed by atoms with E-state index in [1.54, 1.807) is 18.2 Å². The molecule has 100 valence electrons. The van der Waals surface area contributed by atoms with Crippen LogP contribution in [0.4, 0.5) is 5.69 Å². The van der Waals surface area contributed by atoms with Crippen molar-refractivity contribution in [1.82, 2.24) is 0 Å². The highest BCUT2D eigenvalue weighted by Gasteiger charge is 2.11. The zero-order valence-corrected chi connectivity index (χ0v) is 11.7. The van der Waals surface area contributed by atoms with E-state index in [1.165, 1.54) is 0 Å². The number of benzene rings is 1. The Morgan fingerprint density at radius 2 is 1.80 bits per heavy atom. The molecule has 20 heavy (non-hydrogen) atoms. The highest BCUT2D eigenvalue weighted by atomic mass is 15.1. The van der Waals surface area contributed by atoms with Gasteiger partial charge in [-0.25, -0.2) is 0 Å². The van der Waals surface area contributed by atoms with Gasteiger partial charge in [0.05, 0.1) is 5.57 Å². The molecule has 0 fully saturated rings. The normalized spacial score (nSPS) is 8.95. The Morgan fingerprint density at radius 3 is 2.30 bits per heavy atom. The Bertz CT molecular complexity index is 607. The fourth-order valence-electron chi connectivity index (χ4n) is 2.00. The third kappa shape index (κ3) is 3.37. The number of allylic oxidation sites excluding steroid dienone is 2. The maximum absolute atomic E-state index is 9.18. The van der Waals surface area contributed by atoms with E-state index in [4.69, 9.17) is 10.5 Å². The van der Waals surface area contributed by atoms with Gasteiger partial charge in [0.25, 0.3) is 0 Å². The molecule has 0 aliphatic carbocycles. The number of hydrogen-bond acceptors (Lipinski definition) is 4. The Morgan fingerprint density at radius 1 is 1.10 bits per heavy atom. The SMILES string of the molecule is CCCN(CC)c1cccc(C(C#N)=C(C#N)C#N)c1. The highest BCUT2D eigenvalue weighted by molar-refractivity contribution is 5.85. The van der Waals surface area contributed by atoms with E-state index in [0.29, 0.717) is 5.56 Å². The summed E-state index contributed by atoms with van der Waals surface area (Å²) in [5.41, 5.74) is 1.58. The van der Waals surface area contributed by atoms with E-state index >= 15 is 0 Å². The Kier molecular flexibility index (Phi) is 5.82. The fraction of sp³-hybridized carbons (Fsp3) is 0.312. The first kappa shape index (κ1) is 15.3. The van der Waals surface area contributed by atoms with Gasteiger partial charge in [-0.1, -0.05) is 19.1 Å². The van der Waals surface area contributed by atoms with Crippen LogP contribution in [0.5, 0.6) is 0 Å². The Labute approximate surface area is 119 Å². The van der Waals surface area contributed by atoms with E-state index in [1.807, 2.05) is 24.3 Å². The van der Waals surface area contributed by atoms with Crippen LogP contribution < -0.4 is 4.90 Å². The minimum Gasteiger partial charge on any atom is -0.372 e. The maximum atomic E-state index is 9.18. The van der Waals surface area contributed by atoms with Crippen molar-refractivity contribution >= 4 is 11.3 Å². The van der Waals surface area contributed by atoms with Gasteiger partial charge >= 0.3 is 0 Å². The molecule has 1 aromatic rings. The van der Waals surface area contributed by atoms with Gasteiger partial charge in [0.2, 0.25) is 0 Å². The van der Waals surface area contributed by atoms with Crippen LogP contribution in [0.1, 0.15) is 25.8 Å². The van der Waals surface area contributed by atoms with Crippen molar-refractivity contribution in [2.45, 2.75) is 20.3 Å². The quantitative estimate of drug-likeness (QED) is 0.765. The van der Waals surface area contributed by atoms with Gasteiger partial charge in [0, 0.05) is 18.8 Å². The standard InChI is InChI=1S/C16H16N4/c1-3-8-20(4-2)15-7-5-6-13(9-15)16(12-19)14(10-17)11-18/h5-7,9H,3-4,8H2,1-2H3. The molecular formula is C16H16N4. The molecule has 4 nitrogen and oxygen atoms in total. The molecule has 0 atom stereocenters. The molecule has 1 aromatic carbocycles. The smallest absolute Gasteiger partial charge is 0.148 e. The molecule has 0 aliphatic heterocycles. The summed E-state index contributed by atoms with van der Waals surface area (Å²) in [6.07, 6.45) is 1.03. The van der Waals surface area contributed by atoms with Crippen LogP contribution in [0.15, 0.2) is 29.8 Å². The second kappa shape index (κ2) is 7.62. The Balaban J connectivity index is 3.30. The molecule has 0 spiro atoms. The van der Waals surface area contributed by atoms with Crippen molar-refractivity contribution in [2.24, 2.45) is 0 Å². The van der Waals surface area contributed by atoms with Gasteiger partial charge in [0.15, 0.2) is 0 Å². The van der Waals surface area contributed by atoms with Crippen LogP contribution >= 0.6 is 0 Å². The van der Waals surface area contributed by atoms with Crippen molar-refractivity contribution in [3.63, 3.8) is 0 Å². The topological polar surface area (TPSA) is 74.6 Å².